The van der Waals surface area contributed by atoms with Crippen LogP contribution in [0.3, 0.4) is 0 Å². The molecule has 2 aromatic rings. The summed E-state index contributed by atoms with van der Waals surface area (Å²) in [7, 11) is 2.21. The summed E-state index contributed by atoms with van der Waals surface area (Å²) in [5, 5.41) is 3.10. The Hall–Kier alpha value is -1.64. The normalized spacial score (nSPS) is 16.4. The van der Waals surface area contributed by atoms with Crippen molar-refractivity contribution in [3.8, 4) is 0 Å². The number of hydrogen-bond acceptors (Lipinski definition) is 3. The number of para-hydroxylation sites is 1. The van der Waals surface area contributed by atoms with Crippen LogP contribution in [-0.4, -0.2) is 49.0 Å². The van der Waals surface area contributed by atoms with Crippen LogP contribution < -0.4 is 11.1 Å². The number of aliphatic imine (C=N–C) groups is 1. The van der Waals surface area contributed by atoms with Gasteiger partial charge in [0.2, 0.25) is 0 Å². The van der Waals surface area contributed by atoms with E-state index >= 15 is 0 Å². The van der Waals surface area contributed by atoms with Crippen LogP contribution in [0.2, 0.25) is 0 Å². The van der Waals surface area contributed by atoms with E-state index in [0.717, 1.165) is 25.3 Å². The first kappa shape index (κ1) is 21.7. The van der Waals surface area contributed by atoms with Gasteiger partial charge in [-0.2, -0.15) is 0 Å². The summed E-state index contributed by atoms with van der Waals surface area (Å²) in [6, 6.07) is 18.6. The average Bonchev–Trinajstić information content (AvgIpc) is 2.86. The van der Waals surface area contributed by atoms with Crippen molar-refractivity contribution in [2.45, 2.75) is 19.5 Å². The zero-order valence-electron chi connectivity index (χ0n) is 16.0. The molecular formula is C21H30IN5. The smallest absolute Gasteiger partial charge is 0.193 e. The molecule has 27 heavy (non-hydrogen) atoms. The Morgan fingerprint density at radius 3 is 2.41 bits per heavy atom. The molecule has 1 heterocycles. The molecule has 0 amide bonds. The van der Waals surface area contributed by atoms with E-state index in [9.17, 15) is 0 Å². The fourth-order valence-electron chi connectivity index (χ4n) is 3.15. The van der Waals surface area contributed by atoms with Crippen LogP contribution in [0.4, 0.5) is 5.69 Å². The van der Waals surface area contributed by atoms with E-state index in [4.69, 9.17) is 5.73 Å². The van der Waals surface area contributed by atoms with Gasteiger partial charge in [0.05, 0.1) is 6.54 Å². The number of nitrogens with one attached hydrogen (secondary N) is 1. The summed E-state index contributed by atoms with van der Waals surface area (Å²) < 4.78 is 0. The van der Waals surface area contributed by atoms with Crippen molar-refractivity contribution in [2.24, 2.45) is 10.7 Å². The number of guanidine groups is 1. The third-order valence-corrected chi connectivity index (χ3v) is 4.72. The second-order valence-electron chi connectivity index (χ2n) is 6.94. The van der Waals surface area contributed by atoms with Crippen molar-refractivity contribution in [1.82, 2.24) is 9.80 Å². The lowest BCUT2D eigenvalue weighted by atomic mass is 10.1. The lowest BCUT2D eigenvalue weighted by molar-refractivity contribution is 0.269. The van der Waals surface area contributed by atoms with E-state index in [-0.39, 0.29) is 24.0 Å². The number of likely N-dealkylation sites (N-methyl/N-ethyl adjacent to an activating group) is 1. The lowest BCUT2D eigenvalue weighted by Gasteiger charge is -2.20. The van der Waals surface area contributed by atoms with Crippen LogP contribution in [0.15, 0.2) is 59.6 Å². The van der Waals surface area contributed by atoms with Gasteiger partial charge in [0.1, 0.15) is 0 Å². The molecule has 5 nitrogen and oxygen atoms in total. The van der Waals surface area contributed by atoms with Crippen LogP contribution in [0.5, 0.6) is 0 Å². The van der Waals surface area contributed by atoms with Crippen LogP contribution >= 0.6 is 24.0 Å². The van der Waals surface area contributed by atoms with Gasteiger partial charge in [0, 0.05) is 25.3 Å². The van der Waals surface area contributed by atoms with Crippen LogP contribution in [0.1, 0.15) is 17.5 Å². The third-order valence-electron chi connectivity index (χ3n) is 4.72. The van der Waals surface area contributed by atoms with E-state index in [1.165, 1.54) is 30.6 Å². The number of benzene rings is 2. The highest BCUT2D eigenvalue weighted by Crippen LogP contribution is 2.11. The van der Waals surface area contributed by atoms with E-state index in [2.05, 4.69) is 51.4 Å². The molecule has 0 atom stereocenters. The van der Waals surface area contributed by atoms with Crippen LogP contribution in [0, 0.1) is 0 Å². The molecule has 146 valence electrons. The molecule has 1 saturated heterocycles. The maximum absolute atomic E-state index is 5.96. The molecule has 0 unspecified atom stereocenters. The first-order valence-corrected chi connectivity index (χ1v) is 9.30. The largest absolute Gasteiger partial charge is 0.370 e. The summed E-state index contributed by atoms with van der Waals surface area (Å²) in [6.07, 6.45) is 1.25. The molecule has 1 fully saturated rings. The number of nitrogens with zero attached hydrogens (tertiary/aromatic N) is 3. The molecule has 0 spiro atoms. The van der Waals surface area contributed by atoms with E-state index in [1.54, 1.807) is 0 Å². The molecule has 0 aromatic heterocycles. The van der Waals surface area contributed by atoms with Gasteiger partial charge < -0.3 is 16.0 Å². The molecule has 0 aliphatic carbocycles. The molecule has 2 aromatic carbocycles. The minimum absolute atomic E-state index is 0. The maximum atomic E-state index is 5.96. The Morgan fingerprint density at radius 2 is 1.67 bits per heavy atom. The molecule has 0 bridgehead atoms. The fraction of sp³-hybridized carbons (Fsp3) is 0.381. The van der Waals surface area contributed by atoms with Gasteiger partial charge in [-0.3, -0.25) is 4.90 Å². The Morgan fingerprint density at radius 1 is 0.963 bits per heavy atom. The minimum Gasteiger partial charge on any atom is -0.370 e. The number of nitrogens with two attached hydrogens (primary N) is 1. The van der Waals surface area contributed by atoms with Gasteiger partial charge in [-0.1, -0.05) is 42.5 Å². The minimum atomic E-state index is 0. The quantitative estimate of drug-likeness (QED) is 0.393. The lowest BCUT2D eigenvalue weighted by Crippen LogP contribution is -2.28. The van der Waals surface area contributed by atoms with Crippen molar-refractivity contribution in [3.63, 3.8) is 0 Å². The van der Waals surface area contributed by atoms with Crippen LogP contribution in [0.25, 0.3) is 0 Å². The first-order valence-electron chi connectivity index (χ1n) is 9.30. The van der Waals surface area contributed by atoms with Crippen molar-refractivity contribution < 1.29 is 0 Å². The summed E-state index contributed by atoms with van der Waals surface area (Å²) in [4.78, 5) is 9.37. The van der Waals surface area contributed by atoms with E-state index in [1.807, 2.05) is 30.3 Å². The van der Waals surface area contributed by atoms with Gasteiger partial charge in [-0.25, -0.2) is 4.99 Å². The molecule has 1 aliphatic rings. The molecule has 6 heteroatoms. The highest BCUT2D eigenvalue weighted by Gasteiger charge is 2.12. The SMILES string of the molecule is CN1CCCN(Cc2ccc(CN=C(N)Nc3ccccc3)cc2)CC1.I. The van der Waals surface area contributed by atoms with Gasteiger partial charge in [0.25, 0.3) is 0 Å². The van der Waals surface area contributed by atoms with Crippen molar-refractivity contribution in [1.29, 1.82) is 0 Å². The average molecular weight is 479 g/mol. The summed E-state index contributed by atoms with van der Waals surface area (Å²) >= 11 is 0. The van der Waals surface area contributed by atoms with Crippen molar-refractivity contribution >= 4 is 35.6 Å². The maximum Gasteiger partial charge on any atom is 0.193 e. The number of anilines is 1. The predicted octanol–water partition coefficient (Wildman–Crippen LogP) is 3.37. The predicted molar refractivity (Wildman–Crippen MR) is 125 cm³/mol. The number of hydrogen-bond donors (Lipinski definition) is 2. The molecule has 3 rings (SSSR count). The van der Waals surface area contributed by atoms with Crippen molar-refractivity contribution in [3.05, 3.63) is 65.7 Å². The number of halogens is 1. The standard InChI is InChI=1S/C21H29N5.HI/c1-25-12-5-13-26(15-14-25)17-19-10-8-18(9-11-19)16-23-21(22)24-20-6-3-2-4-7-20;/h2-4,6-11H,5,12-17H2,1H3,(H3,22,23,24);1H. The van der Waals surface area contributed by atoms with E-state index < -0.39 is 0 Å². The highest BCUT2D eigenvalue weighted by atomic mass is 127. The first-order chi connectivity index (χ1) is 12.7. The molecule has 1 aliphatic heterocycles. The fourth-order valence-corrected chi connectivity index (χ4v) is 3.15. The highest BCUT2D eigenvalue weighted by molar-refractivity contribution is 14.0. The topological polar surface area (TPSA) is 56.9 Å². The van der Waals surface area contributed by atoms with E-state index in [0.29, 0.717) is 12.5 Å². The van der Waals surface area contributed by atoms with Gasteiger partial charge in [0.15, 0.2) is 5.96 Å². The monoisotopic (exact) mass is 479 g/mol. The molecule has 0 saturated carbocycles. The van der Waals surface area contributed by atoms with Crippen LogP contribution in [-0.2, 0) is 13.1 Å². The van der Waals surface area contributed by atoms with Gasteiger partial charge in [-0.05, 0) is 49.8 Å². The summed E-state index contributed by atoms with van der Waals surface area (Å²) in [6.45, 7) is 6.28. The Kier molecular flexibility index (Phi) is 9.03. The summed E-state index contributed by atoms with van der Waals surface area (Å²) in [5.74, 6) is 0.439. The Balaban J connectivity index is 0.00000261. The summed E-state index contributed by atoms with van der Waals surface area (Å²) in [5.41, 5.74) is 9.44. The second kappa shape index (κ2) is 11.3. The zero-order valence-corrected chi connectivity index (χ0v) is 18.3. The molecular weight excluding hydrogens is 449 g/mol. The zero-order chi connectivity index (χ0) is 18.2. The Bertz CT molecular complexity index is 702. The second-order valence-corrected chi connectivity index (χ2v) is 6.94. The van der Waals surface area contributed by atoms with Gasteiger partial charge >= 0.3 is 0 Å². The van der Waals surface area contributed by atoms with Gasteiger partial charge in [-0.15, -0.1) is 24.0 Å². The number of rotatable bonds is 5. The molecule has 0 radical (unpaired) electrons. The van der Waals surface area contributed by atoms with Crippen molar-refractivity contribution in [2.75, 3.05) is 38.5 Å². The Labute approximate surface area is 179 Å². The molecule has 3 N–H and O–H groups in total. The third kappa shape index (κ3) is 7.48.